The fourth-order valence-electron chi connectivity index (χ4n) is 2.79. The number of benzene rings is 2. The SMILES string of the molecule is Cl.N#Cc1cccc(-c2cccnc2[C@@H](N)Cc2cc(F)cc(Cl)c2)c1. The molecule has 3 nitrogen and oxygen atoms in total. The summed E-state index contributed by atoms with van der Waals surface area (Å²) in [6.07, 6.45) is 2.07. The molecule has 0 aliphatic rings. The molecule has 1 atom stereocenters. The smallest absolute Gasteiger partial charge is 0.124 e. The fraction of sp³-hybridized carbons (Fsp3) is 0.100. The number of hydrogen-bond acceptors (Lipinski definition) is 3. The van der Waals surface area contributed by atoms with E-state index in [0.717, 1.165) is 11.1 Å². The van der Waals surface area contributed by atoms with Crippen molar-refractivity contribution in [2.45, 2.75) is 12.5 Å². The van der Waals surface area contributed by atoms with Gasteiger partial charge in [-0.05, 0) is 53.9 Å². The number of nitrogens with zero attached hydrogens (tertiary/aromatic N) is 2. The number of hydrogen-bond donors (Lipinski definition) is 1. The maximum Gasteiger partial charge on any atom is 0.124 e. The van der Waals surface area contributed by atoms with Gasteiger partial charge in [0.05, 0.1) is 23.4 Å². The lowest BCUT2D eigenvalue weighted by molar-refractivity contribution is 0.621. The summed E-state index contributed by atoms with van der Waals surface area (Å²) in [5.74, 6) is -0.391. The van der Waals surface area contributed by atoms with Gasteiger partial charge in [-0.15, -0.1) is 12.4 Å². The highest BCUT2D eigenvalue weighted by Gasteiger charge is 2.15. The van der Waals surface area contributed by atoms with Crippen molar-refractivity contribution < 1.29 is 4.39 Å². The van der Waals surface area contributed by atoms with Crippen LogP contribution in [-0.2, 0) is 6.42 Å². The van der Waals surface area contributed by atoms with E-state index in [4.69, 9.17) is 22.6 Å². The monoisotopic (exact) mass is 387 g/mol. The Morgan fingerprint density at radius 1 is 1.15 bits per heavy atom. The molecular weight excluding hydrogens is 372 g/mol. The van der Waals surface area contributed by atoms with Crippen LogP contribution >= 0.6 is 24.0 Å². The Morgan fingerprint density at radius 2 is 1.96 bits per heavy atom. The molecule has 0 bridgehead atoms. The number of pyridine rings is 1. The van der Waals surface area contributed by atoms with Crippen molar-refractivity contribution in [1.82, 2.24) is 4.98 Å². The van der Waals surface area contributed by atoms with Crippen molar-refractivity contribution in [1.29, 1.82) is 5.26 Å². The summed E-state index contributed by atoms with van der Waals surface area (Å²) < 4.78 is 13.5. The zero-order chi connectivity index (χ0) is 17.8. The molecule has 0 spiro atoms. The quantitative estimate of drug-likeness (QED) is 0.678. The first kappa shape index (κ1) is 19.9. The third-order valence-electron chi connectivity index (χ3n) is 3.87. The highest BCUT2D eigenvalue weighted by molar-refractivity contribution is 6.30. The van der Waals surface area contributed by atoms with Gasteiger partial charge < -0.3 is 5.73 Å². The zero-order valence-electron chi connectivity index (χ0n) is 13.7. The summed E-state index contributed by atoms with van der Waals surface area (Å²) in [5.41, 5.74) is 10.0. The average molecular weight is 388 g/mol. The first-order valence-corrected chi connectivity index (χ1v) is 8.10. The van der Waals surface area contributed by atoms with Crippen LogP contribution in [0.5, 0.6) is 0 Å². The summed E-state index contributed by atoms with van der Waals surface area (Å²) in [7, 11) is 0. The average Bonchev–Trinajstić information content (AvgIpc) is 2.61. The predicted octanol–water partition coefficient (Wildman–Crippen LogP) is 5.08. The van der Waals surface area contributed by atoms with Crippen LogP contribution in [0.2, 0.25) is 5.02 Å². The van der Waals surface area contributed by atoms with Gasteiger partial charge in [-0.2, -0.15) is 5.26 Å². The first-order chi connectivity index (χ1) is 12.1. The molecule has 0 saturated heterocycles. The van der Waals surface area contributed by atoms with Crippen LogP contribution in [-0.4, -0.2) is 4.98 Å². The molecule has 3 rings (SSSR count). The molecule has 132 valence electrons. The molecular formula is C20H16Cl2FN3. The normalized spacial score (nSPS) is 11.3. The van der Waals surface area contributed by atoms with Gasteiger partial charge in [0.2, 0.25) is 0 Å². The zero-order valence-corrected chi connectivity index (χ0v) is 15.3. The van der Waals surface area contributed by atoms with Crippen LogP contribution in [0.25, 0.3) is 11.1 Å². The second-order valence-electron chi connectivity index (χ2n) is 5.72. The van der Waals surface area contributed by atoms with E-state index in [-0.39, 0.29) is 12.4 Å². The Morgan fingerprint density at radius 3 is 2.69 bits per heavy atom. The topological polar surface area (TPSA) is 62.7 Å². The van der Waals surface area contributed by atoms with Crippen LogP contribution in [0.4, 0.5) is 4.39 Å². The van der Waals surface area contributed by atoms with Crippen molar-refractivity contribution in [3.8, 4) is 17.2 Å². The number of nitriles is 1. The van der Waals surface area contributed by atoms with Crippen LogP contribution in [0.3, 0.4) is 0 Å². The molecule has 0 aliphatic heterocycles. The van der Waals surface area contributed by atoms with Gasteiger partial charge in [0.25, 0.3) is 0 Å². The number of aromatic nitrogens is 1. The van der Waals surface area contributed by atoms with Gasteiger partial charge in [-0.3, -0.25) is 4.98 Å². The van der Waals surface area contributed by atoms with E-state index in [1.54, 1.807) is 24.4 Å². The van der Waals surface area contributed by atoms with Crippen LogP contribution < -0.4 is 5.73 Å². The largest absolute Gasteiger partial charge is 0.322 e. The highest BCUT2D eigenvalue weighted by Crippen LogP contribution is 2.28. The standard InChI is InChI=1S/C20H15ClFN3.ClH/c21-16-8-14(9-17(22)11-16)10-19(24)20-18(5-2-6-25-20)15-4-1-3-13(7-15)12-23;/h1-9,11,19H,10,24H2;1H/t19-;/m0./s1. The lowest BCUT2D eigenvalue weighted by Gasteiger charge is -2.16. The van der Waals surface area contributed by atoms with Crippen molar-refractivity contribution in [3.63, 3.8) is 0 Å². The molecule has 0 amide bonds. The Labute approximate surface area is 162 Å². The highest BCUT2D eigenvalue weighted by atomic mass is 35.5. The van der Waals surface area contributed by atoms with Gasteiger partial charge in [-0.1, -0.05) is 29.8 Å². The van der Waals surface area contributed by atoms with Crippen molar-refractivity contribution in [2.75, 3.05) is 0 Å². The number of nitrogens with two attached hydrogens (primary N) is 1. The molecule has 0 aliphatic carbocycles. The summed E-state index contributed by atoms with van der Waals surface area (Å²) in [5, 5.41) is 9.43. The number of rotatable bonds is 4. The van der Waals surface area contributed by atoms with E-state index in [9.17, 15) is 4.39 Å². The first-order valence-electron chi connectivity index (χ1n) is 7.73. The predicted molar refractivity (Wildman–Crippen MR) is 104 cm³/mol. The van der Waals surface area contributed by atoms with Gasteiger partial charge in [0, 0.05) is 16.8 Å². The van der Waals surface area contributed by atoms with Gasteiger partial charge in [0.15, 0.2) is 0 Å². The second-order valence-corrected chi connectivity index (χ2v) is 6.15. The summed E-state index contributed by atoms with van der Waals surface area (Å²) in [6, 6.07) is 17.1. The van der Waals surface area contributed by atoms with Crippen molar-refractivity contribution in [2.24, 2.45) is 5.73 Å². The molecule has 26 heavy (non-hydrogen) atoms. The van der Waals surface area contributed by atoms with Crippen LogP contribution in [0.15, 0.2) is 60.8 Å². The third kappa shape index (κ3) is 4.59. The summed E-state index contributed by atoms with van der Waals surface area (Å²) >= 11 is 5.91. The van der Waals surface area contributed by atoms with E-state index in [1.807, 2.05) is 24.3 Å². The minimum absolute atomic E-state index is 0. The molecule has 6 heteroatoms. The molecule has 0 unspecified atom stereocenters. The van der Waals surface area contributed by atoms with E-state index < -0.39 is 11.9 Å². The Kier molecular flexibility index (Phi) is 6.70. The molecule has 2 N–H and O–H groups in total. The molecule has 1 aromatic heterocycles. The van der Waals surface area contributed by atoms with E-state index in [0.29, 0.717) is 28.3 Å². The number of halogens is 3. The van der Waals surface area contributed by atoms with Crippen LogP contribution in [0.1, 0.15) is 22.9 Å². The van der Waals surface area contributed by atoms with E-state index in [2.05, 4.69) is 11.1 Å². The maximum atomic E-state index is 13.5. The Bertz CT molecular complexity index is 934. The van der Waals surface area contributed by atoms with E-state index in [1.165, 1.54) is 12.1 Å². The Balaban J connectivity index is 0.00000243. The molecule has 1 heterocycles. The molecule has 0 fully saturated rings. The van der Waals surface area contributed by atoms with Gasteiger partial charge in [-0.25, -0.2) is 4.39 Å². The minimum atomic E-state index is -0.431. The summed E-state index contributed by atoms with van der Waals surface area (Å²) in [6.45, 7) is 0. The minimum Gasteiger partial charge on any atom is -0.322 e. The van der Waals surface area contributed by atoms with Gasteiger partial charge in [0.1, 0.15) is 5.82 Å². The molecule has 3 aromatic rings. The lowest BCUT2D eigenvalue weighted by atomic mass is 9.95. The fourth-order valence-corrected chi connectivity index (χ4v) is 3.04. The van der Waals surface area contributed by atoms with Gasteiger partial charge >= 0.3 is 0 Å². The molecule has 0 radical (unpaired) electrons. The van der Waals surface area contributed by atoms with Crippen LogP contribution in [0, 0.1) is 17.1 Å². The molecule has 0 saturated carbocycles. The van der Waals surface area contributed by atoms with E-state index >= 15 is 0 Å². The lowest BCUT2D eigenvalue weighted by Crippen LogP contribution is -2.16. The van der Waals surface area contributed by atoms with Crippen molar-refractivity contribution in [3.05, 3.63) is 88.5 Å². The second kappa shape index (κ2) is 8.77. The maximum absolute atomic E-state index is 13.5. The third-order valence-corrected chi connectivity index (χ3v) is 4.09. The Hall–Kier alpha value is -2.45. The van der Waals surface area contributed by atoms with Crippen molar-refractivity contribution >= 4 is 24.0 Å². The molecule has 2 aromatic carbocycles. The summed E-state index contributed by atoms with van der Waals surface area (Å²) in [4.78, 5) is 4.42.